The third-order valence-electron chi connectivity index (χ3n) is 4.24. The zero-order chi connectivity index (χ0) is 15.2. The van der Waals surface area contributed by atoms with Gasteiger partial charge in [0, 0.05) is 30.1 Å². The van der Waals surface area contributed by atoms with Crippen molar-refractivity contribution in [2.24, 2.45) is 0 Å². The average molecular weight is 307 g/mol. The maximum atomic E-state index is 11.1. The fraction of sp³-hybridized carbons (Fsp3) is 0.588. The summed E-state index contributed by atoms with van der Waals surface area (Å²) < 4.78 is 0. The Morgan fingerprint density at radius 2 is 2.10 bits per heavy atom. The Balaban J connectivity index is 2.18. The zero-order valence-corrected chi connectivity index (χ0v) is 13.7. The molecule has 2 unspecified atom stereocenters. The van der Waals surface area contributed by atoms with Crippen LogP contribution in [0.1, 0.15) is 43.9 Å². The molecule has 1 aromatic rings. The minimum atomic E-state index is -0.691. The smallest absolute Gasteiger partial charge is 0.304 e. The number of nitrogens with zero attached hydrogens (tertiary/aromatic N) is 1. The molecule has 0 amide bonds. The van der Waals surface area contributed by atoms with Crippen molar-refractivity contribution in [3.63, 3.8) is 0 Å². The van der Waals surface area contributed by atoms with Crippen molar-refractivity contribution in [1.29, 1.82) is 0 Å². The van der Waals surface area contributed by atoms with Gasteiger partial charge in [0.1, 0.15) is 0 Å². The first kappa shape index (κ1) is 16.4. The predicted molar refractivity (Wildman–Crippen MR) is 88.9 cm³/mol. The van der Waals surface area contributed by atoms with Gasteiger partial charge in [0.2, 0.25) is 0 Å². The van der Waals surface area contributed by atoms with Crippen LogP contribution in [0.3, 0.4) is 0 Å². The van der Waals surface area contributed by atoms with Crippen molar-refractivity contribution in [3.8, 4) is 0 Å². The molecule has 1 aliphatic rings. The van der Waals surface area contributed by atoms with E-state index in [-0.39, 0.29) is 12.5 Å². The summed E-state index contributed by atoms with van der Waals surface area (Å²) in [4.78, 5) is 13.5. The van der Waals surface area contributed by atoms with E-state index in [1.165, 1.54) is 11.1 Å². The topological polar surface area (TPSA) is 40.5 Å². The Bertz CT molecular complexity index is 460. The molecule has 1 fully saturated rings. The van der Waals surface area contributed by atoms with Crippen LogP contribution in [0.15, 0.2) is 24.3 Å². The SMILES string of the molecule is CCc1ccc(C(CC)N2CCSCC2CC(=O)O)cc1. The van der Waals surface area contributed by atoms with Crippen LogP contribution < -0.4 is 0 Å². The van der Waals surface area contributed by atoms with E-state index in [0.29, 0.717) is 6.04 Å². The average Bonchev–Trinajstić information content (AvgIpc) is 2.50. The maximum absolute atomic E-state index is 11.1. The third-order valence-corrected chi connectivity index (χ3v) is 5.33. The number of hydrogen-bond acceptors (Lipinski definition) is 3. The molecule has 2 rings (SSSR count). The van der Waals surface area contributed by atoms with Gasteiger partial charge in [0.25, 0.3) is 0 Å². The lowest BCUT2D eigenvalue weighted by Gasteiger charge is -2.40. The summed E-state index contributed by atoms with van der Waals surface area (Å²) in [7, 11) is 0. The van der Waals surface area contributed by atoms with E-state index in [4.69, 9.17) is 5.11 Å². The Morgan fingerprint density at radius 3 is 2.67 bits per heavy atom. The van der Waals surface area contributed by atoms with E-state index in [0.717, 1.165) is 30.9 Å². The van der Waals surface area contributed by atoms with Gasteiger partial charge in [0.05, 0.1) is 6.42 Å². The highest BCUT2D eigenvalue weighted by atomic mass is 32.2. The first-order chi connectivity index (χ1) is 10.2. The molecular formula is C17H25NO2S. The number of aryl methyl sites for hydroxylation is 1. The Kier molecular flexibility index (Phi) is 6.12. The summed E-state index contributed by atoms with van der Waals surface area (Å²) in [6, 6.07) is 9.31. The van der Waals surface area contributed by atoms with Gasteiger partial charge in [-0.15, -0.1) is 0 Å². The van der Waals surface area contributed by atoms with E-state index < -0.39 is 5.97 Å². The number of carbonyl (C=O) groups is 1. The summed E-state index contributed by atoms with van der Waals surface area (Å²) in [6.07, 6.45) is 2.32. The number of rotatable bonds is 6. The number of thioether (sulfide) groups is 1. The van der Waals surface area contributed by atoms with Crippen LogP contribution in [0.4, 0.5) is 0 Å². The molecule has 3 nitrogen and oxygen atoms in total. The number of carboxylic acid groups (broad SMARTS) is 1. The molecule has 116 valence electrons. The fourth-order valence-corrected chi connectivity index (χ4v) is 4.18. The Morgan fingerprint density at radius 1 is 1.38 bits per heavy atom. The first-order valence-corrected chi connectivity index (χ1v) is 8.95. The summed E-state index contributed by atoms with van der Waals surface area (Å²) in [5.74, 6) is 1.33. The van der Waals surface area contributed by atoms with Gasteiger partial charge in [-0.05, 0) is 24.0 Å². The highest BCUT2D eigenvalue weighted by molar-refractivity contribution is 7.99. The van der Waals surface area contributed by atoms with Crippen LogP contribution in [0.25, 0.3) is 0 Å². The normalized spacial score (nSPS) is 21.1. The van der Waals surface area contributed by atoms with Gasteiger partial charge >= 0.3 is 5.97 Å². The maximum Gasteiger partial charge on any atom is 0.304 e. The molecule has 0 radical (unpaired) electrons. The van der Waals surface area contributed by atoms with E-state index in [1.807, 2.05) is 11.8 Å². The van der Waals surface area contributed by atoms with Crippen LogP contribution in [0, 0.1) is 0 Å². The molecule has 1 aromatic carbocycles. The van der Waals surface area contributed by atoms with Crippen LogP contribution >= 0.6 is 11.8 Å². The largest absolute Gasteiger partial charge is 0.481 e. The third kappa shape index (κ3) is 4.24. The summed E-state index contributed by atoms with van der Waals surface area (Å²) in [5, 5.41) is 9.14. The summed E-state index contributed by atoms with van der Waals surface area (Å²) in [5.41, 5.74) is 2.67. The molecule has 0 saturated carbocycles. The standard InChI is InChI=1S/C17H25NO2S/c1-3-13-5-7-14(8-6-13)16(4-2)18-9-10-21-12-15(18)11-17(19)20/h5-8,15-16H,3-4,9-12H2,1-2H3,(H,19,20). The Labute approximate surface area is 131 Å². The second kappa shape index (κ2) is 7.85. The fourth-order valence-electron chi connectivity index (χ4n) is 3.09. The highest BCUT2D eigenvalue weighted by Crippen LogP contribution is 2.31. The molecule has 1 heterocycles. The van der Waals surface area contributed by atoms with Crippen molar-refractivity contribution >= 4 is 17.7 Å². The molecule has 0 aliphatic carbocycles. The second-order valence-corrected chi connectivity index (χ2v) is 6.73. The molecule has 2 atom stereocenters. The molecule has 0 spiro atoms. The lowest BCUT2D eigenvalue weighted by Crippen LogP contribution is -2.45. The van der Waals surface area contributed by atoms with Crippen LogP contribution in [-0.2, 0) is 11.2 Å². The van der Waals surface area contributed by atoms with Crippen LogP contribution in [0.2, 0.25) is 0 Å². The van der Waals surface area contributed by atoms with E-state index >= 15 is 0 Å². The minimum Gasteiger partial charge on any atom is -0.481 e. The van der Waals surface area contributed by atoms with Crippen molar-refractivity contribution in [2.45, 2.75) is 45.2 Å². The van der Waals surface area contributed by atoms with E-state index in [1.54, 1.807) is 0 Å². The molecular weight excluding hydrogens is 282 g/mol. The first-order valence-electron chi connectivity index (χ1n) is 7.79. The van der Waals surface area contributed by atoms with Gasteiger partial charge in [0.15, 0.2) is 0 Å². The second-order valence-electron chi connectivity index (χ2n) is 5.58. The molecule has 21 heavy (non-hydrogen) atoms. The van der Waals surface area contributed by atoms with Crippen molar-refractivity contribution in [3.05, 3.63) is 35.4 Å². The van der Waals surface area contributed by atoms with Gasteiger partial charge in [-0.25, -0.2) is 0 Å². The molecule has 0 bridgehead atoms. The van der Waals surface area contributed by atoms with Crippen LogP contribution in [0.5, 0.6) is 0 Å². The monoisotopic (exact) mass is 307 g/mol. The van der Waals surface area contributed by atoms with E-state index in [9.17, 15) is 4.79 Å². The van der Waals surface area contributed by atoms with Gasteiger partial charge in [-0.1, -0.05) is 38.1 Å². The van der Waals surface area contributed by atoms with Crippen molar-refractivity contribution < 1.29 is 9.90 Å². The zero-order valence-electron chi connectivity index (χ0n) is 12.9. The van der Waals surface area contributed by atoms with Crippen LogP contribution in [-0.4, -0.2) is 40.1 Å². The minimum absolute atomic E-state index is 0.150. The molecule has 0 aromatic heterocycles. The van der Waals surface area contributed by atoms with Gasteiger partial charge < -0.3 is 5.11 Å². The van der Waals surface area contributed by atoms with Crippen molar-refractivity contribution in [1.82, 2.24) is 4.90 Å². The Hall–Kier alpha value is -1.00. The number of benzene rings is 1. The number of carboxylic acids is 1. The lowest BCUT2D eigenvalue weighted by molar-refractivity contribution is -0.138. The molecule has 1 N–H and O–H groups in total. The lowest BCUT2D eigenvalue weighted by atomic mass is 9.98. The molecule has 1 saturated heterocycles. The van der Waals surface area contributed by atoms with Gasteiger partial charge in [-0.3, -0.25) is 9.69 Å². The molecule has 1 aliphatic heterocycles. The van der Waals surface area contributed by atoms with Crippen molar-refractivity contribution in [2.75, 3.05) is 18.1 Å². The summed E-state index contributed by atoms with van der Waals surface area (Å²) in [6.45, 7) is 5.34. The van der Waals surface area contributed by atoms with E-state index in [2.05, 4.69) is 43.0 Å². The summed E-state index contributed by atoms with van der Waals surface area (Å²) >= 11 is 1.87. The predicted octanol–water partition coefficient (Wildman–Crippen LogP) is 3.59. The number of hydrogen-bond donors (Lipinski definition) is 1. The quantitative estimate of drug-likeness (QED) is 0.872. The highest BCUT2D eigenvalue weighted by Gasteiger charge is 2.30. The molecule has 4 heteroatoms. The number of aliphatic carboxylic acids is 1. The van der Waals surface area contributed by atoms with Gasteiger partial charge in [-0.2, -0.15) is 11.8 Å².